The highest BCUT2D eigenvalue weighted by atomic mass is 35.5. The summed E-state index contributed by atoms with van der Waals surface area (Å²) in [5, 5.41) is 3.46. The van der Waals surface area contributed by atoms with Crippen molar-refractivity contribution >= 4 is 24.2 Å². The van der Waals surface area contributed by atoms with Gasteiger partial charge in [0.15, 0.2) is 0 Å². The summed E-state index contributed by atoms with van der Waals surface area (Å²) >= 11 is 1.94. The molecular weight excluding hydrogens is 264 g/mol. The van der Waals surface area contributed by atoms with Gasteiger partial charge < -0.3 is 10.2 Å². The predicted molar refractivity (Wildman–Crippen MR) is 85.2 cm³/mol. The molecule has 1 N–H and O–H groups in total. The highest BCUT2D eigenvalue weighted by Gasteiger charge is 1.94. The van der Waals surface area contributed by atoms with E-state index in [9.17, 15) is 0 Å². The maximum absolute atomic E-state index is 3.46. The van der Waals surface area contributed by atoms with Gasteiger partial charge in [0.2, 0.25) is 0 Å². The highest BCUT2D eigenvalue weighted by molar-refractivity contribution is 7.99. The fourth-order valence-electron chi connectivity index (χ4n) is 1.45. The average molecular weight is 289 g/mol. The Balaban J connectivity index is 0.00000289. The largest absolute Gasteiger partial charge is 0.315 e. The van der Waals surface area contributed by atoms with Crippen LogP contribution in [0.25, 0.3) is 0 Å². The van der Waals surface area contributed by atoms with Crippen molar-refractivity contribution in [2.75, 3.05) is 39.5 Å². The third kappa shape index (κ3) is 8.81. The number of nitrogens with zero attached hydrogens (tertiary/aromatic N) is 1. The zero-order chi connectivity index (χ0) is 12.5. The maximum atomic E-state index is 3.46. The van der Waals surface area contributed by atoms with Crippen molar-refractivity contribution in [3.63, 3.8) is 0 Å². The van der Waals surface area contributed by atoms with Gasteiger partial charge in [0.05, 0.1) is 0 Å². The van der Waals surface area contributed by atoms with Crippen molar-refractivity contribution in [2.24, 2.45) is 0 Å². The second-order valence-electron chi connectivity index (χ2n) is 4.57. The van der Waals surface area contributed by atoms with Crippen molar-refractivity contribution in [1.29, 1.82) is 0 Å². The fourth-order valence-corrected chi connectivity index (χ4v) is 2.30. The Morgan fingerprint density at radius 2 is 1.78 bits per heavy atom. The second kappa shape index (κ2) is 10.7. The third-order valence-corrected chi connectivity index (χ3v) is 3.62. The van der Waals surface area contributed by atoms with Gasteiger partial charge in [0.25, 0.3) is 0 Å². The van der Waals surface area contributed by atoms with E-state index in [-0.39, 0.29) is 12.4 Å². The second-order valence-corrected chi connectivity index (χ2v) is 5.74. The molecule has 0 unspecified atom stereocenters. The highest BCUT2D eigenvalue weighted by Crippen LogP contribution is 2.18. The Labute approximate surface area is 122 Å². The lowest BCUT2D eigenvalue weighted by Gasteiger charge is -2.10. The quantitative estimate of drug-likeness (QED) is 0.585. The molecule has 1 rings (SSSR count). The van der Waals surface area contributed by atoms with Gasteiger partial charge in [-0.15, -0.1) is 24.2 Å². The zero-order valence-electron chi connectivity index (χ0n) is 11.6. The molecule has 0 bridgehead atoms. The Morgan fingerprint density at radius 1 is 1.11 bits per heavy atom. The predicted octanol–water partition coefficient (Wildman–Crippen LogP) is 3.05. The molecule has 18 heavy (non-hydrogen) atoms. The standard InChI is InChI=1S/C14H24N2S.ClH/c1-13-5-7-14(8-6-13)17-12-4-9-15-10-11-16(2)3;/h5-8,15H,4,9-12H2,1-3H3;1H. The zero-order valence-corrected chi connectivity index (χ0v) is 13.2. The molecule has 0 saturated heterocycles. The number of rotatable bonds is 8. The van der Waals surface area contributed by atoms with Crippen LogP contribution in [0, 0.1) is 6.92 Å². The lowest BCUT2D eigenvalue weighted by molar-refractivity contribution is 0.400. The van der Waals surface area contributed by atoms with Crippen molar-refractivity contribution in [2.45, 2.75) is 18.2 Å². The number of halogens is 1. The van der Waals surface area contributed by atoms with Crippen LogP contribution in [-0.2, 0) is 0 Å². The molecular formula is C14H25ClN2S. The molecule has 104 valence electrons. The molecule has 0 spiro atoms. The normalized spacial score (nSPS) is 10.4. The number of aryl methyl sites for hydroxylation is 1. The van der Waals surface area contributed by atoms with E-state index >= 15 is 0 Å². The van der Waals surface area contributed by atoms with Crippen LogP contribution in [0.2, 0.25) is 0 Å². The SMILES string of the molecule is Cc1ccc(SCCCNCCN(C)C)cc1.Cl. The lowest BCUT2D eigenvalue weighted by atomic mass is 10.2. The van der Waals surface area contributed by atoms with Crippen LogP contribution in [0.3, 0.4) is 0 Å². The Bertz CT molecular complexity index is 301. The molecule has 0 aliphatic rings. The van der Waals surface area contributed by atoms with Crippen LogP contribution in [-0.4, -0.2) is 44.4 Å². The summed E-state index contributed by atoms with van der Waals surface area (Å²) in [4.78, 5) is 3.58. The summed E-state index contributed by atoms with van der Waals surface area (Å²) < 4.78 is 0. The fraction of sp³-hybridized carbons (Fsp3) is 0.571. The summed E-state index contributed by atoms with van der Waals surface area (Å²) in [5.41, 5.74) is 1.33. The molecule has 0 atom stereocenters. The summed E-state index contributed by atoms with van der Waals surface area (Å²) in [6, 6.07) is 8.77. The monoisotopic (exact) mass is 288 g/mol. The topological polar surface area (TPSA) is 15.3 Å². The van der Waals surface area contributed by atoms with Crippen molar-refractivity contribution in [3.05, 3.63) is 29.8 Å². The van der Waals surface area contributed by atoms with E-state index in [1.807, 2.05) is 11.8 Å². The molecule has 2 nitrogen and oxygen atoms in total. The smallest absolute Gasteiger partial charge is 0.0101 e. The van der Waals surface area contributed by atoms with E-state index in [1.54, 1.807) is 0 Å². The van der Waals surface area contributed by atoms with Crippen LogP contribution in [0.4, 0.5) is 0 Å². The van der Waals surface area contributed by atoms with Crippen LogP contribution >= 0.6 is 24.2 Å². The van der Waals surface area contributed by atoms with E-state index in [2.05, 4.69) is 55.5 Å². The van der Waals surface area contributed by atoms with E-state index < -0.39 is 0 Å². The Hall–Kier alpha value is -0.220. The average Bonchev–Trinajstić information content (AvgIpc) is 2.30. The first-order chi connectivity index (χ1) is 8.18. The summed E-state index contributed by atoms with van der Waals surface area (Å²) in [6.45, 7) is 5.45. The van der Waals surface area contributed by atoms with Crippen LogP contribution in [0.15, 0.2) is 29.2 Å². The van der Waals surface area contributed by atoms with Gasteiger partial charge >= 0.3 is 0 Å². The molecule has 0 aliphatic heterocycles. The van der Waals surface area contributed by atoms with Crippen molar-refractivity contribution in [3.8, 4) is 0 Å². The number of hydrogen-bond acceptors (Lipinski definition) is 3. The molecule has 0 heterocycles. The molecule has 0 amide bonds. The van der Waals surface area contributed by atoms with Gasteiger partial charge in [0.1, 0.15) is 0 Å². The lowest BCUT2D eigenvalue weighted by Crippen LogP contribution is -2.27. The van der Waals surface area contributed by atoms with Gasteiger partial charge in [-0.2, -0.15) is 0 Å². The van der Waals surface area contributed by atoms with E-state index in [0.717, 1.165) is 19.6 Å². The number of thioether (sulfide) groups is 1. The van der Waals surface area contributed by atoms with E-state index in [0.29, 0.717) is 0 Å². The minimum atomic E-state index is 0. The van der Waals surface area contributed by atoms with Crippen LogP contribution < -0.4 is 5.32 Å². The molecule has 0 saturated carbocycles. The first kappa shape index (κ1) is 17.8. The number of hydrogen-bond donors (Lipinski definition) is 1. The number of benzene rings is 1. The molecule has 0 fully saturated rings. The first-order valence-electron chi connectivity index (χ1n) is 6.23. The third-order valence-electron chi connectivity index (χ3n) is 2.52. The van der Waals surface area contributed by atoms with Gasteiger partial charge in [-0.25, -0.2) is 0 Å². The molecule has 0 aromatic heterocycles. The Morgan fingerprint density at radius 3 is 2.39 bits per heavy atom. The van der Waals surface area contributed by atoms with E-state index in [4.69, 9.17) is 0 Å². The molecule has 4 heteroatoms. The van der Waals surface area contributed by atoms with Gasteiger partial charge in [0, 0.05) is 18.0 Å². The summed E-state index contributed by atoms with van der Waals surface area (Å²) in [7, 11) is 4.21. The molecule has 0 radical (unpaired) electrons. The summed E-state index contributed by atoms with van der Waals surface area (Å²) in [5.74, 6) is 1.19. The van der Waals surface area contributed by atoms with Gasteiger partial charge in [-0.3, -0.25) is 0 Å². The molecule has 1 aromatic carbocycles. The van der Waals surface area contributed by atoms with E-state index in [1.165, 1.54) is 22.6 Å². The van der Waals surface area contributed by atoms with Crippen molar-refractivity contribution < 1.29 is 0 Å². The van der Waals surface area contributed by atoms with Gasteiger partial charge in [-0.05, 0) is 51.9 Å². The minimum absolute atomic E-state index is 0. The van der Waals surface area contributed by atoms with Crippen LogP contribution in [0.5, 0.6) is 0 Å². The molecule has 1 aromatic rings. The minimum Gasteiger partial charge on any atom is -0.315 e. The van der Waals surface area contributed by atoms with Crippen molar-refractivity contribution in [1.82, 2.24) is 10.2 Å². The maximum Gasteiger partial charge on any atom is 0.0101 e. The number of likely N-dealkylation sites (N-methyl/N-ethyl adjacent to an activating group) is 1. The van der Waals surface area contributed by atoms with Gasteiger partial charge in [-0.1, -0.05) is 17.7 Å². The first-order valence-corrected chi connectivity index (χ1v) is 7.22. The Kier molecular flexibility index (Phi) is 10.5. The van der Waals surface area contributed by atoms with Crippen LogP contribution in [0.1, 0.15) is 12.0 Å². The number of nitrogens with one attached hydrogen (secondary N) is 1. The molecule has 0 aliphatic carbocycles. The summed E-state index contributed by atoms with van der Waals surface area (Å²) in [6.07, 6.45) is 1.23.